The van der Waals surface area contributed by atoms with E-state index in [0.29, 0.717) is 0 Å². The van der Waals surface area contributed by atoms with Crippen LogP contribution < -0.4 is 0 Å². The summed E-state index contributed by atoms with van der Waals surface area (Å²) in [6, 6.07) is 2.28. The Morgan fingerprint density at radius 2 is 1.62 bits per heavy atom. The molecular formula is C12H23N. The van der Waals surface area contributed by atoms with E-state index in [9.17, 15) is 0 Å². The Kier molecular flexibility index (Phi) is 6.58. The van der Waals surface area contributed by atoms with Crippen molar-refractivity contribution in [3.8, 4) is 6.07 Å². The third-order valence-corrected chi connectivity index (χ3v) is 1.75. The average molecular weight is 181 g/mol. The third kappa shape index (κ3) is 7.59. The van der Waals surface area contributed by atoms with Crippen LogP contribution in [0.5, 0.6) is 0 Å². The molecule has 1 heteroatoms. The van der Waals surface area contributed by atoms with Gasteiger partial charge in [0.2, 0.25) is 0 Å². The Morgan fingerprint density at radius 1 is 1.23 bits per heavy atom. The van der Waals surface area contributed by atoms with Gasteiger partial charge in [0.1, 0.15) is 0 Å². The van der Waals surface area contributed by atoms with Gasteiger partial charge >= 0.3 is 0 Å². The van der Waals surface area contributed by atoms with Crippen molar-refractivity contribution in [2.75, 3.05) is 0 Å². The van der Waals surface area contributed by atoms with E-state index in [-0.39, 0.29) is 10.8 Å². The molecule has 0 aromatic heterocycles. The number of allylic oxidation sites excluding steroid dienone is 1. The summed E-state index contributed by atoms with van der Waals surface area (Å²) in [6.45, 7) is 15.8. The normalized spacial score (nSPS) is 10.8. The van der Waals surface area contributed by atoms with E-state index in [1.54, 1.807) is 0 Å². The van der Waals surface area contributed by atoms with Gasteiger partial charge in [-0.2, -0.15) is 5.26 Å². The zero-order chi connectivity index (χ0) is 11.1. The van der Waals surface area contributed by atoms with Gasteiger partial charge in [0.05, 0.1) is 11.5 Å². The van der Waals surface area contributed by atoms with Crippen LogP contribution in [0.4, 0.5) is 0 Å². The van der Waals surface area contributed by atoms with Gasteiger partial charge in [0.25, 0.3) is 0 Å². The van der Waals surface area contributed by atoms with E-state index in [0.717, 1.165) is 6.42 Å². The molecule has 0 aliphatic carbocycles. The molecule has 0 saturated carbocycles. The molecule has 0 atom stereocenters. The molecule has 0 spiro atoms. The second-order valence-electron chi connectivity index (χ2n) is 4.37. The number of nitriles is 1. The molecule has 0 aromatic rings. The van der Waals surface area contributed by atoms with Crippen LogP contribution in [0.15, 0.2) is 12.7 Å². The minimum absolute atomic E-state index is 0.0687. The first-order valence-electron chi connectivity index (χ1n) is 4.88. The quantitative estimate of drug-likeness (QED) is 0.600. The highest BCUT2D eigenvalue weighted by molar-refractivity contribution is 4.99. The molecule has 0 aliphatic heterocycles. The summed E-state index contributed by atoms with van der Waals surface area (Å²) in [6.07, 6.45) is 2.77. The molecule has 0 bridgehead atoms. The first kappa shape index (κ1) is 14.7. The van der Waals surface area contributed by atoms with Crippen molar-refractivity contribution in [3.05, 3.63) is 12.7 Å². The zero-order valence-electron chi connectivity index (χ0n) is 9.94. The average Bonchev–Trinajstić information content (AvgIpc) is 2.07. The van der Waals surface area contributed by atoms with Gasteiger partial charge in [0.15, 0.2) is 0 Å². The predicted molar refractivity (Wildman–Crippen MR) is 59.3 cm³/mol. The van der Waals surface area contributed by atoms with Gasteiger partial charge in [-0.3, -0.25) is 0 Å². The van der Waals surface area contributed by atoms with Gasteiger partial charge in [-0.25, -0.2) is 0 Å². The maximum absolute atomic E-state index is 8.77. The number of rotatable bonds is 3. The zero-order valence-corrected chi connectivity index (χ0v) is 9.94. The molecule has 0 rings (SSSR count). The molecule has 0 heterocycles. The Morgan fingerprint density at radius 3 is 1.85 bits per heavy atom. The van der Waals surface area contributed by atoms with E-state index in [4.69, 9.17) is 5.26 Å². The van der Waals surface area contributed by atoms with Crippen LogP contribution in [0.2, 0.25) is 0 Å². The highest BCUT2D eigenvalue weighted by Gasteiger charge is 2.25. The molecule has 13 heavy (non-hydrogen) atoms. The van der Waals surface area contributed by atoms with Crippen LogP contribution in [0, 0.1) is 22.2 Å². The largest absolute Gasteiger partial charge is 0.198 e. The first-order chi connectivity index (χ1) is 5.83. The van der Waals surface area contributed by atoms with E-state index >= 15 is 0 Å². The van der Waals surface area contributed by atoms with E-state index in [1.807, 2.05) is 33.8 Å². The summed E-state index contributed by atoms with van der Waals surface area (Å²) in [5, 5.41) is 8.77. The molecule has 0 fully saturated rings. The SMILES string of the molecule is C=CC(C)(C)CC(C)(C)C#N.CC. The van der Waals surface area contributed by atoms with Crippen molar-refractivity contribution in [1.29, 1.82) is 5.26 Å². The maximum atomic E-state index is 8.77. The van der Waals surface area contributed by atoms with Crippen LogP contribution in [-0.2, 0) is 0 Å². The van der Waals surface area contributed by atoms with Gasteiger partial charge in [-0.05, 0) is 25.7 Å². The molecular weight excluding hydrogens is 158 g/mol. The Hall–Kier alpha value is -0.770. The van der Waals surface area contributed by atoms with E-state index in [1.165, 1.54) is 0 Å². The molecule has 0 N–H and O–H groups in total. The standard InChI is InChI=1S/C10H17N.C2H6/c1-6-9(2,3)7-10(4,5)8-11;1-2/h6H,1,7H2,2-5H3;1-2H3. The Labute approximate surface area is 83.5 Å². The summed E-state index contributed by atoms with van der Waals surface area (Å²) in [7, 11) is 0. The van der Waals surface area contributed by atoms with Crippen molar-refractivity contribution in [1.82, 2.24) is 0 Å². The van der Waals surface area contributed by atoms with Crippen LogP contribution in [0.3, 0.4) is 0 Å². The van der Waals surface area contributed by atoms with Crippen molar-refractivity contribution in [2.24, 2.45) is 10.8 Å². The molecule has 0 amide bonds. The second-order valence-corrected chi connectivity index (χ2v) is 4.37. The monoisotopic (exact) mass is 181 g/mol. The van der Waals surface area contributed by atoms with Crippen LogP contribution in [0.1, 0.15) is 48.0 Å². The van der Waals surface area contributed by atoms with Gasteiger partial charge in [0, 0.05) is 0 Å². The molecule has 0 unspecified atom stereocenters. The summed E-state index contributed by atoms with van der Waals surface area (Å²) < 4.78 is 0. The summed E-state index contributed by atoms with van der Waals surface area (Å²) in [5.41, 5.74) is -0.170. The lowest BCUT2D eigenvalue weighted by atomic mass is 9.76. The van der Waals surface area contributed by atoms with Crippen LogP contribution >= 0.6 is 0 Å². The maximum Gasteiger partial charge on any atom is 0.0684 e. The highest BCUT2D eigenvalue weighted by Crippen LogP contribution is 2.33. The third-order valence-electron chi connectivity index (χ3n) is 1.75. The van der Waals surface area contributed by atoms with Crippen LogP contribution in [-0.4, -0.2) is 0 Å². The molecule has 1 nitrogen and oxygen atoms in total. The lowest BCUT2D eigenvalue weighted by molar-refractivity contribution is 0.304. The van der Waals surface area contributed by atoms with Crippen molar-refractivity contribution >= 4 is 0 Å². The van der Waals surface area contributed by atoms with E-state index in [2.05, 4.69) is 26.5 Å². The van der Waals surface area contributed by atoms with Crippen LogP contribution in [0.25, 0.3) is 0 Å². The smallest absolute Gasteiger partial charge is 0.0684 e. The topological polar surface area (TPSA) is 23.8 Å². The van der Waals surface area contributed by atoms with Crippen molar-refractivity contribution in [3.63, 3.8) is 0 Å². The lowest BCUT2D eigenvalue weighted by Gasteiger charge is -2.27. The second kappa shape index (κ2) is 5.80. The fraction of sp³-hybridized carbons (Fsp3) is 0.750. The summed E-state index contributed by atoms with van der Waals surface area (Å²) in [5.74, 6) is 0. The van der Waals surface area contributed by atoms with Gasteiger partial charge < -0.3 is 0 Å². The molecule has 0 aliphatic rings. The Bertz CT molecular complexity index is 182. The summed E-state index contributed by atoms with van der Waals surface area (Å²) in [4.78, 5) is 0. The van der Waals surface area contributed by atoms with Crippen molar-refractivity contribution < 1.29 is 0 Å². The number of hydrogen-bond acceptors (Lipinski definition) is 1. The molecule has 0 aromatic carbocycles. The number of nitrogens with zero attached hydrogens (tertiary/aromatic N) is 1. The summed E-state index contributed by atoms with van der Waals surface area (Å²) >= 11 is 0. The lowest BCUT2D eigenvalue weighted by Crippen LogP contribution is -2.19. The fourth-order valence-corrected chi connectivity index (χ4v) is 1.25. The van der Waals surface area contributed by atoms with Gasteiger partial charge in [-0.1, -0.05) is 33.8 Å². The predicted octanol–water partition coefficient (Wildman–Crippen LogP) is 4.16. The Balaban J connectivity index is 0. The fourth-order valence-electron chi connectivity index (χ4n) is 1.25. The molecule has 76 valence electrons. The highest BCUT2D eigenvalue weighted by atomic mass is 14.4. The number of hydrogen-bond donors (Lipinski definition) is 0. The minimum Gasteiger partial charge on any atom is -0.198 e. The molecule has 0 saturated heterocycles. The molecule has 0 radical (unpaired) electrons. The van der Waals surface area contributed by atoms with Crippen molar-refractivity contribution in [2.45, 2.75) is 48.0 Å². The van der Waals surface area contributed by atoms with E-state index < -0.39 is 0 Å². The first-order valence-corrected chi connectivity index (χ1v) is 4.88. The van der Waals surface area contributed by atoms with Gasteiger partial charge in [-0.15, -0.1) is 6.58 Å². The minimum atomic E-state index is -0.238.